The van der Waals surface area contributed by atoms with Gasteiger partial charge in [0.15, 0.2) is 11.6 Å². The first kappa shape index (κ1) is 15.6. The second kappa shape index (κ2) is 5.84. The Kier molecular flexibility index (Phi) is 3.64. The van der Waals surface area contributed by atoms with E-state index in [-0.39, 0.29) is 5.91 Å². The van der Waals surface area contributed by atoms with Crippen molar-refractivity contribution in [2.45, 2.75) is 12.5 Å². The highest BCUT2D eigenvalue weighted by Gasteiger charge is 2.33. The summed E-state index contributed by atoms with van der Waals surface area (Å²) in [7, 11) is 0. The largest absolute Gasteiger partial charge is 0.356 e. The van der Waals surface area contributed by atoms with Crippen molar-refractivity contribution in [1.82, 2.24) is 9.88 Å². The number of H-pyrrole nitrogens is 1. The molecular weight excluding hydrogens is 322 g/mol. The quantitative estimate of drug-likeness (QED) is 0.702. The van der Waals surface area contributed by atoms with Gasteiger partial charge in [-0.2, -0.15) is 0 Å². The molecule has 1 aromatic heterocycles. The fourth-order valence-electron chi connectivity index (χ4n) is 3.62. The molecule has 1 aliphatic rings. The lowest BCUT2D eigenvalue weighted by atomic mass is 9.92. The van der Waals surface area contributed by atoms with E-state index in [1.807, 2.05) is 24.3 Å². The number of amides is 1. The van der Waals surface area contributed by atoms with Crippen molar-refractivity contribution < 1.29 is 13.6 Å². The predicted molar refractivity (Wildman–Crippen MR) is 92.1 cm³/mol. The van der Waals surface area contributed by atoms with Crippen LogP contribution in [0.15, 0.2) is 55.1 Å². The number of fused-ring (bicyclic) bond motifs is 3. The van der Waals surface area contributed by atoms with Crippen molar-refractivity contribution in [1.29, 1.82) is 0 Å². The Morgan fingerprint density at radius 3 is 2.76 bits per heavy atom. The highest BCUT2D eigenvalue weighted by molar-refractivity contribution is 5.90. The molecule has 1 amide bonds. The van der Waals surface area contributed by atoms with Gasteiger partial charge in [0.25, 0.3) is 0 Å². The van der Waals surface area contributed by atoms with Crippen molar-refractivity contribution in [3.8, 4) is 0 Å². The van der Waals surface area contributed by atoms with Crippen molar-refractivity contribution in [3.63, 3.8) is 0 Å². The molecule has 1 aliphatic heterocycles. The monoisotopic (exact) mass is 338 g/mol. The van der Waals surface area contributed by atoms with E-state index in [0.29, 0.717) is 18.5 Å². The summed E-state index contributed by atoms with van der Waals surface area (Å²) in [4.78, 5) is 17.4. The van der Waals surface area contributed by atoms with Crippen LogP contribution in [0.2, 0.25) is 0 Å². The number of rotatable bonds is 2. The molecule has 3 aromatic rings. The summed E-state index contributed by atoms with van der Waals surface area (Å²) in [6.07, 6.45) is 1.94. The lowest BCUT2D eigenvalue weighted by molar-refractivity contribution is -0.128. The molecule has 2 heterocycles. The van der Waals surface area contributed by atoms with E-state index in [1.165, 1.54) is 12.1 Å². The van der Waals surface area contributed by atoms with Crippen LogP contribution in [-0.4, -0.2) is 22.3 Å². The minimum atomic E-state index is -0.924. The summed E-state index contributed by atoms with van der Waals surface area (Å²) in [6.45, 7) is 4.05. The molecule has 0 radical (unpaired) electrons. The number of halogens is 2. The second-order valence-electron chi connectivity index (χ2n) is 6.12. The van der Waals surface area contributed by atoms with Gasteiger partial charge in [0, 0.05) is 23.1 Å². The molecular formula is C20H16F2N2O. The van der Waals surface area contributed by atoms with Gasteiger partial charge in [0.05, 0.1) is 6.04 Å². The van der Waals surface area contributed by atoms with Gasteiger partial charge in [0.2, 0.25) is 5.91 Å². The van der Waals surface area contributed by atoms with E-state index in [2.05, 4.69) is 11.6 Å². The first-order valence-corrected chi connectivity index (χ1v) is 8.07. The number of carbonyl (C=O) groups is 1. The normalized spacial score (nSPS) is 16.7. The smallest absolute Gasteiger partial charge is 0.246 e. The zero-order valence-corrected chi connectivity index (χ0v) is 13.4. The Labute approximate surface area is 143 Å². The van der Waals surface area contributed by atoms with E-state index < -0.39 is 17.7 Å². The molecule has 0 bridgehead atoms. The number of benzene rings is 2. The zero-order chi connectivity index (χ0) is 17.6. The van der Waals surface area contributed by atoms with Crippen LogP contribution in [0.3, 0.4) is 0 Å². The highest BCUT2D eigenvalue weighted by Crippen LogP contribution is 2.38. The van der Waals surface area contributed by atoms with Crippen LogP contribution in [0.4, 0.5) is 8.78 Å². The van der Waals surface area contributed by atoms with Crippen LogP contribution in [0.5, 0.6) is 0 Å². The topological polar surface area (TPSA) is 36.1 Å². The van der Waals surface area contributed by atoms with Gasteiger partial charge in [-0.15, -0.1) is 0 Å². The summed E-state index contributed by atoms with van der Waals surface area (Å²) < 4.78 is 27.2. The van der Waals surface area contributed by atoms with Gasteiger partial charge in [-0.1, -0.05) is 30.8 Å². The zero-order valence-electron chi connectivity index (χ0n) is 13.4. The molecule has 0 spiro atoms. The van der Waals surface area contributed by atoms with Crippen LogP contribution in [0, 0.1) is 11.6 Å². The van der Waals surface area contributed by atoms with E-state index >= 15 is 0 Å². The number of aromatic nitrogens is 1. The number of aromatic amines is 1. The summed E-state index contributed by atoms with van der Waals surface area (Å²) in [6, 6.07) is 11.2. The fraction of sp³-hybridized carbons (Fsp3) is 0.150. The highest BCUT2D eigenvalue weighted by atomic mass is 19.2. The molecule has 1 N–H and O–H groups in total. The summed E-state index contributed by atoms with van der Waals surface area (Å²) in [5.74, 6) is -2.07. The standard InChI is InChI=1S/C20H16F2N2O/c1-2-18(25)24-10-9-14-13-5-3-4-6-17(13)23-19(14)20(24)12-7-8-15(21)16(22)11-12/h2-8,11,20,23H,1,9-10H2. The van der Waals surface area contributed by atoms with Crippen molar-refractivity contribution in [2.24, 2.45) is 0 Å². The van der Waals surface area contributed by atoms with Crippen LogP contribution < -0.4 is 0 Å². The van der Waals surface area contributed by atoms with Crippen LogP contribution in [0.1, 0.15) is 22.9 Å². The minimum absolute atomic E-state index is 0.237. The SMILES string of the molecule is C=CC(=O)N1CCc2c([nH]c3ccccc23)C1c1ccc(F)c(F)c1. The molecule has 4 rings (SSSR count). The van der Waals surface area contributed by atoms with E-state index in [0.717, 1.165) is 34.3 Å². The number of hydrogen-bond acceptors (Lipinski definition) is 1. The first-order chi connectivity index (χ1) is 12.1. The van der Waals surface area contributed by atoms with Gasteiger partial charge >= 0.3 is 0 Å². The second-order valence-corrected chi connectivity index (χ2v) is 6.12. The molecule has 0 fully saturated rings. The van der Waals surface area contributed by atoms with Crippen LogP contribution in [-0.2, 0) is 11.2 Å². The number of nitrogens with one attached hydrogen (secondary N) is 1. The maximum atomic E-state index is 13.8. The number of carbonyl (C=O) groups excluding carboxylic acids is 1. The van der Waals surface area contributed by atoms with E-state index in [1.54, 1.807) is 4.90 Å². The molecule has 0 aliphatic carbocycles. The Bertz CT molecular complexity index is 993. The molecule has 0 saturated carbocycles. The van der Waals surface area contributed by atoms with Crippen molar-refractivity contribution in [3.05, 3.63) is 83.6 Å². The van der Waals surface area contributed by atoms with Gasteiger partial charge in [-0.05, 0) is 41.8 Å². The van der Waals surface area contributed by atoms with Crippen LogP contribution in [0.25, 0.3) is 10.9 Å². The van der Waals surface area contributed by atoms with Crippen molar-refractivity contribution >= 4 is 16.8 Å². The molecule has 1 atom stereocenters. The van der Waals surface area contributed by atoms with Gasteiger partial charge in [0.1, 0.15) is 0 Å². The summed E-state index contributed by atoms with van der Waals surface area (Å²) >= 11 is 0. The Morgan fingerprint density at radius 2 is 2.00 bits per heavy atom. The predicted octanol–water partition coefficient (Wildman–Crippen LogP) is 4.11. The first-order valence-electron chi connectivity index (χ1n) is 8.07. The third kappa shape index (κ3) is 2.43. The molecule has 0 saturated heterocycles. The van der Waals surface area contributed by atoms with Crippen LogP contribution >= 0.6 is 0 Å². The number of nitrogens with zero attached hydrogens (tertiary/aromatic N) is 1. The molecule has 5 heteroatoms. The summed E-state index contributed by atoms with van der Waals surface area (Å²) in [5.41, 5.74) is 3.45. The maximum absolute atomic E-state index is 13.8. The number of para-hydroxylation sites is 1. The molecule has 1 unspecified atom stereocenters. The number of hydrogen-bond donors (Lipinski definition) is 1. The Morgan fingerprint density at radius 1 is 1.20 bits per heavy atom. The van der Waals surface area contributed by atoms with Gasteiger partial charge in [-0.3, -0.25) is 4.79 Å². The molecule has 126 valence electrons. The molecule has 2 aromatic carbocycles. The third-order valence-electron chi connectivity index (χ3n) is 4.75. The summed E-state index contributed by atoms with van der Waals surface area (Å²) in [5, 5.41) is 1.09. The molecule has 25 heavy (non-hydrogen) atoms. The average molecular weight is 338 g/mol. The fourth-order valence-corrected chi connectivity index (χ4v) is 3.62. The lowest BCUT2D eigenvalue weighted by Crippen LogP contribution is -2.39. The Balaban J connectivity index is 1.94. The third-order valence-corrected chi connectivity index (χ3v) is 4.75. The van der Waals surface area contributed by atoms with E-state index in [9.17, 15) is 13.6 Å². The van der Waals surface area contributed by atoms with Gasteiger partial charge < -0.3 is 9.88 Å². The minimum Gasteiger partial charge on any atom is -0.356 e. The Hall–Kier alpha value is -2.95. The van der Waals surface area contributed by atoms with Crippen molar-refractivity contribution in [2.75, 3.05) is 6.54 Å². The van der Waals surface area contributed by atoms with E-state index in [4.69, 9.17) is 0 Å². The molecule has 3 nitrogen and oxygen atoms in total. The lowest BCUT2D eigenvalue weighted by Gasteiger charge is -2.35. The average Bonchev–Trinajstić information content (AvgIpc) is 3.01. The van der Waals surface area contributed by atoms with Gasteiger partial charge in [-0.25, -0.2) is 8.78 Å². The maximum Gasteiger partial charge on any atom is 0.246 e.